The maximum absolute atomic E-state index is 13.6. The smallest absolute Gasteiger partial charge is 0.325 e. The van der Waals surface area contributed by atoms with Crippen LogP contribution in [-0.4, -0.2) is 80.2 Å². The molecule has 0 saturated carbocycles. The molecule has 1 N–H and O–H groups in total. The first-order valence-corrected chi connectivity index (χ1v) is 11.8. The number of carbonyl (C=O) groups is 1. The second-order valence-corrected chi connectivity index (χ2v) is 9.69. The predicted molar refractivity (Wildman–Crippen MR) is 117 cm³/mol. The van der Waals surface area contributed by atoms with Crippen molar-refractivity contribution in [3.8, 4) is 17.6 Å². The lowest BCUT2D eigenvalue weighted by Crippen LogP contribution is -2.60. The van der Waals surface area contributed by atoms with E-state index in [0.717, 1.165) is 4.31 Å². The number of carboxylic acids is 1. The molecule has 1 unspecified atom stereocenters. The number of benzene rings is 1. The minimum absolute atomic E-state index is 0.0246. The SMILES string of the molecule is CC#CCOc1ccc(S(=O)(=O)N(CCN2CCOCC2)C(C)(C(=O)O)C(C)C)cc1. The van der Waals surface area contributed by atoms with Crippen molar-refractivity contribution in [3.63, 3.8) is 0 Å². The third kappa shape index (κ3) is 5.98. The van der Waals surface area contributed by atoms with Crippen LogP contribution in [0.15, 0.2) is 29.2 Å². The summed E-state index contributed by atoms with van der Waals surface area (Å²) in [6.07, 6.45) is 0. The average molecular weight is 453 g/mol. The van der Waals surface area contributed by atoms with E-state index in [1.54, 1.807) is 32.9 Å². The van der Waals surface area contributed by atoms with Crippen LogP contribution in [-0.2, 0) is 19.6 Å². The van der Waals surface area contributed by atoms with E-state index in [0.29, 0.717) is 38.6 Å². The quantitative estimate of drug-likeness (QED) is 0.542. The van der Waals surface area contributed by atoms with Crippen LogP contribution >= 0.6 is 0 Å². The van der Waals surface area contributed by atoms with Crippen LogP contribution in [0.1, 0.15) is 27.7 Å². The van der Waals surface area contributed by atoms with E-state index in [2.05, 4.69) is 16.7 Å². The molecule has 31 heavy (non-hydrogen) atoms. The first-order chi connectivity index (χ1) is 14.6. The fourth-order valence-corrected chi connectivity index (χ4v) is 5.17. The van der Waals surface area contributed by atoms with Crippen LogP contribution in [0.5, 0.6) is 5.75 Å². The molecular weight excluding hydrogens is 420 g/mol. The molecule has 1 aromatic rings. The van der Waals surface area contributed by atoms with Gasteiger partial charge in [-0.05, 0) is 44.0 Å². The molecule has 1 saturated heterocycles. The molecule has 1 fully saturated rings. The molecule has 1 heterocycles. The summed E-state index contributed by atoms with van der Waals surface area (Å²) in [5, 5.41) is 10.0. The highest BCUT2D eigenvalue weighted by molar-refractivity contribution is 7.89. The van der Waals surface area contributed by atoms with Crippen LogP contribution in [0, 0.1) is 17.8 Å². The lowest BCUT2D eigenvalue weighted by molar-refractivity contribution is -0.150. The zero-order valence-electron chi connectivity index (χ0n) is 18.6. The third-order valence-corrected chi connectivity index (χ3v) is 7.71. The summed E-state index contributed by atoms with van der Waals surface area (Å²) in [6.45, 7) is 9.85. The lowest BCUT2D eigenvalue weighted by atomic mass is 9.88. The van der Waals surface area contributed by atoms with Gasteiger partial charge in [0.2, 0.25) is 10.0 Å². The molecule has 0 bridgehead atoms. The Morgan fingerprint density at radius 3 is 2.42 bits per heavy atom. The van der Waals surface area contributed by atoms with Gasteiger partial charge in [-0.25, -0.2) is 8.42 Å². The topological polar surface area (TPSA) is 96.4 Å². The Hall–Kier alpha value is -2.12. The van der Waals surface area contributed by atoms with Gasteiger partial charge in [0.1, 0.15) is 17.9 Å². The van der Waals surface area contributed by atoms with Gasteiger partial charge < -0.3 is 14.6 Å². The van der Waals surface area contributed by atoms with Gasteiger partial charge in [0.15, 0.2) is 0 Å². The summed E-state index contributed by atoms with van der Waals surface area (Å²) in [5.41, 5.74) is -1.60. The fourth-order valence-electron chi connectivity index (χ4n) is 3.33. The second-order valence-electron chi connectivity index (χ2n) is 7.83. The predicted octanol–water partition coefficient (Wildman–Crippen LogP) is 1.91. The van der Waals surface area contributed by atoms with Crippen LogP contribution in [0.4, 0.5) is 0 Å². The number of nitrogens with zero attached hydrogens (tertiary/aromatic N) is 2. The number of carboxylic acid groups (broad SMARTS) is 1. The molecule has 1 atom stereocenters. The Morgan fingerprint density at radius 2 is 1.90 bits per heavy atom. The summed E-state index contributed by atoms with van der Waals surface area (Å²) in [4.78, 5) is 14.4. The van der Waals surface area contributed by atoms with Crippen LogP contribution < -0.4 is 4.74 Å². The molecule has 0 aliphatic carbocycles. The van der Waals surface area contributed by atoms with Crippen molar-refractivity contribution in [1.29, 1.82) is 0 Å². The Morgan fingerprint density at radius 1 is 1.29 bits per heavy atom. The zero-order valence-corrected chi connectivity index (χ0v) is 19.4. The molecule has 1 aliphatic rings. The number of ether oxygens (including phenoxy) is 2. The van der Waals surface area contributed by atoms with Gasteiger partial charge >= 0.3 is 5.97 Å². The maximum Gasteiger partial charge on any atom is 0.325 e. The van der Waals surface area contributed by atoms with Gasteiger partial charge in [0, 0.05) is 26.2 Å². The minimum atomic E-state index is -4.08. The van der Waals surface area contributed by atoms with Crippen LogP contribution in [0.25, 0.3) is 0 Å². The normalized spacial score (nSPS) is 17.1. The van der Waals surface area contributed by atoms with Gasteiger partial charge in [0.05, 0.1) is 18.1 Å². The first kappa shape index (κ1) is 25.1. The highest BCUT2D eigenvalue weighted by Gasteiger charge is 2.48. The minimum Gasteiger partial charge on any atom is -0.481 e. The number of morpholine rings is 1. The summed E-state index contributed by atoms with van der Waals surface area (Å²) < 4.78 is 39.1. The van der Waals surface area contributed by atoms with Gasteiger partial charge in [0.25, 0.3) is 0 Å². The number of aliphatic carboxylic acids is 1. The number of hydrogen-bond donors (Lipinski definition) is 1. The van der Waals surface area contributed by atoms with E-state index in [9.17, 15) is 18.3 Å². The Balaban J connectivity index is 2.35. The molecule has 0 spiro atoms. The molecule has 1 aliphatic heterocycles. The largest absolute Gasteiger partial charge is 0.481 e. The lowest BCUT2D eigenvalue weighted by Gasteiger charge is -2.41. The highest BCUT2D eigenvalue weighted by atomic mass is 32.2. The Bertz CT molecular complexity index is 898. The molecule has 172 valence electrons. The Labute approximate surface area is 185 Å². The van der Waals surface area contributed by atoms with Crippen molar-refractivity contribution in [1.82, 2.24) is 9.21 Å². The molecule has 0 aromatic heterocycles. The molecular formula is C22H32N2O6S. The number of sulfonamides is 1. The summed E-state index contributed by atoms with van der Waals surface area (Å²) in [5.74, 6) is 4.37. The number of rotatable bonds is 10. The molecule has 1 aromatic carbocycles. The van der Waals surface area contributed by atoms with E-state index in [1.807, 2.05) is 0 Å². The van der Waals surface area contributed by atoms with E-state index < -0.39 is 27.4 Å². The summed E-state index contributed by atoms with van der Waals surface area (Å²) in [6, 6.07) is 5.98. The van der Waals surface area contributed by atoms with Crippen molar-refractivity contribution >= 4 is 16.0 Å². The average Bonchev–Trinajstić information content (AvgIpc) is 2.74. The van der Waals surface area contributed by atoms with E-state index in [-0.39, 0.29) is 18.0 Å². The molecule has 0 radical (unpaired) electrons. The molecule has 0 amide bonds. The third-order valence-electron chi connectivity index (χ3n) is 5.70. The van der Waals surface area contributed by atoms with Crippen molar-refractivity contribution in [2.45, 2.75) is 38.1 Å². The number of hydrogen-bond acceptors (Lipinski definition) is 6. The van der Waals surface area contributed by atoms with Crippen molar-refractivity contribution in [2.75, 3.05) is 46.0 Å². The summed E-state index contributed by atoms with van der Waals surface area (Å²) in [7, 11) is -4.08. The molecule has 2 rings (SSSR count). The maximum atomic E-state index is 13.6. The molecule has 9 heteroatoms. The van der Waals surface area contributed by atoms with Crippen molar-refractivity contribution < 1.29 is 27.8 Å². The first-order valence-electron chi connectivity index (χ1n) is 10.3. The van der Waals surface area contributed by atoms with Crippen molar-refractivity contribution in [3.05, 3.63) is 24.3 Å². The van der Waals surface area contributed by atoms with Crippen molar-refractivity contribution in [2.24, 2.45) is 5.92 Å². The van der Waals surface area contributed by atoms with E-state index >= 15 is 0 Å². The van der Waals surface area contributed by atoms with Gasteiger partial charge in [-0.2, -0.15) is 4.31 Å². The fraction of sp³-hybridized carbons (Fsp3) is 0.591. The van der Waals surface area contributed by atoms with Gasteiger partial charge in [-0.3, -0.25) is 9.69 Å². The Kier molecular flexibility index (Phi) is 8.89. The highest BCUT2D eigenvalue weighted by Crippen LogP contribution is 2.32. The van der Waals surface area contributed by atoms with Gasteiger partial charge in [-0.15, -0.1) is 5.92 Å². The van der Waals surface area contributed by atoms with Crippen LogP contribution in [0.3, 0.4) is 0 Å². The molecule has 8 nitrogen and oxygen atoms in total. The summed E-state index contributed by atoms with van der Waals surface area (Å²) >= 11 is 0. The van der Waals surface area contributed by atoms with E-state index in [1.165, 1.54) is 19.1 Å². The second kappa shape index (κ2) is 11.0. The zero-order chi connectivity index (χ0) is 23.1. The van der Waals surface area contributed by atoms with E-state index in [4.69, 9.17) is 9.47 Å². The van der Waals surface area contributed by atoms with Crippen LogP contribution in [0.2, 0.25) is 0 Å². The monoisotopic (exact) mass is 452 g/mol. The van der Waals surface area contributed by atoms with Gasteiger partial charge in [-0.1, -0.05) is 19.8 Å². The standard InChI is InChI=1S/C22H32N2O6S/c1-5-6-15-30-19-7-9-20(10-8-19)31(27,28)24(22(4,18(2)3)21(25)26)12-11-23-13-16-29-17-14-23/h7-10,18H,11-17H2,1-4H3,(H,25,26).